The number of hydrogen-bond acceptors (Lipinski definition) is 2. The van der Waals surface area contributed by atoms with Crippen LogP contribution in [0.3, 0.4) is 0 Å². The van der Waals surface area contributed by atoms with Crippen LogP contribution in [0.25, 0.3) is 46.4 Å². The molecule has 1 aliphatic carbocycles. The average Bonchev–Trinajstić information content (AvgIpc) is 4.10. The number of aromatic amines is 2. The summed E-state index contributed by atoms with van der Waals surface area (Å²) in [5.41, 5.74) is 24.5. The number of H-pyrrole nitrogens is 2. The van der Waals surface area contributed by atoms with E-state index in [9.17, 15) is 0 Å². The van der Waals surface area contributed by atoms with Crippen molar-refractivity contribution in [2.24, 2.45) is 0 Å². The van der Waals surface area contributed by atoms with Gasteiger partial charge in [0.05, 0.1) is 44.9 Å². The van der Waals surface area contributed by atoms with Gasteiger partial charge in [-0.2, -0.15) is 0 Å². The van der Waals surface area contributed by atoms with Crippen LogP contribution in [0, 0.1) is 22.9 Å². The smallest absolute Gasteiger partial charge is 0.146 e. The van der Waals surface area contributed by atoms with Gasteiger partial charge in [0, 0.05) is 22.2 Å². The van der Waals surface area contributed by atoms with Crippen molar-refractivity contribution in [2.75, 3.05) is 0 Å². The maximum Gasteiger partial charge on any atom is 0.146 e. The van der Waals surface area contributed by atoms with Crippen LogP contribution < -0.4 is 0 Å². The van der Waals surface area contributed by atoms with Crippen LogP contribution in [0.15, 0.2) is 24.3 Å². The second-order valence-corrected chi connectivity index (χ2v) is 32.7. The Labute approximate surface area is 391 Å². The van der Waals surface area contributed by atoms with E-state index in [0.29, 0.717) is 39.2 Å². The van der Waals surface area contributed by atoms with Crippen molar-refractivity contribution < 1.29 is 0 Å². The average molecular weight is 894 g/mol. The van der Waals surface area contributed by atoms with E-state index in [0.717, 1.165) is 57.8 Å². The molecular formula is C58H84N4Si2. The summed E-state index contributed by atoms with van der Waals surface area (Å²) < 4.78 is 0. The molecule has 0 radical (unpaired) electrons. The van der Waals surface area contributed by atoms with Crippen molar-refractivity contribution >= 4 is 62.5 Å². The maximum absolute atomic E-state index is 5.56. The van der Waals surface area contributed by atoms with Crippen LogP contribution >= 0.6 is 0 Å². The van der Waals surface area contributed by atoms with Gasteiger partial charge in [-0.15, -0.1) is 11.1 Å². The Hall–Kier alpha value is -3.85. The zero-order chi connectivity index (χ0) is 46.2. The number of nitrogens with one attached hydrogen (secondary N) is 2. The standard InChI is InChI=1S/C58H84N4Si2/c1-14-15-16-17-18-19-20-24-27-47-50-28-30-52(59-50)48(36-38-63(40(2)3,41(4)5)42(6)7)54-32-34-56(61-54)58(46-25-22-21-23-26-46)57-35-33-55(62-57)49(53-31-29-51(47)60-53)37-39-64(43(8)9,44(10)11)45(12)13/h28-35,40-46,61-62H,14-27H2,1-13H3. The molecule has 3 aromatic heterocycles. The monoisotopic (exact) mass is 893 g/mol. The molecule has 5 heterocycles. The van der Waals surface area contributed by atoms with E-state index in [-0.39, 0.29) is 0 Å². The Bertz CT molecular complexity index is 2230. The molecular weight excluding hydrogens is 809 g/mol. The summed E-state index contributed by atoms with van der Waals surface area (Å²) in [4.78, 5) is 19.1. The van der Waals surface area contributed by atoms with Crippen LogP contribution in [0.5, 0.6) is 0 Å². The van der Waals surface area contributed by atoms with E-state index in [1.54, 1.807) is 0 Å². The summed E-state index contributed by atoms with van der Waals surface area (Å²) in [7, 11) is -4.08. The highest BCUT2D eigenvalue weighted by Gasteiger charge is 2.43. The summed E-state index contributed by atoms with van der Waals surface area (Å²) in [5, 5.41) is 0. The lowest BCUT2D eigenvalue weighted by atomic mass is 9.84. The molecule has 3 aromatic rings. The third-order valence-electron chi connectivity index (χ3n) is 15.7. The molecule has 64 heavy (non-hydrogen) atoms. The molecule has 2 N–H and O–H groups in total. The van der Waals surface area contributed by atoms with Crippen LogP contribution in [0.4, 0.5) is 0 Å². The molecule has 1 fully saturated rings. The fraction of sp³-hybridized carbons (Fsp3) is 0.586. The highest BCUT2D eigenvalue weighted by atomic mass is 28.3. The normalized spacial score (nSPS) is 14.7. The minimum absolute atomic E-state index is 0.460. The van der Waals surface area contributed by atoms with E-state index in [4.69, 9.17) is 9.97 Å². The fourth-order valence-corrected chi connectivity index (χ4v) is 22.7. The molecule has 1 saturated carbocycles. The van der Waals surface area contributed by atoms with Gasteiger partial charge in [0.1, 0.15) is 16.1 Å². The van der Waals surface area contributed by atoms with Crippen molar-refractivity contribution in [2.45, 2.75) is 219 Å². The predicted molar refractivity (Wildman–Crippen MR) is 287 cm³/mol. The molecule has 8 bridgehead atoms. The lowest BCUT2D eigenvalue weighted by Crippen LogP contribution is -2.43. The topological polar surface area (TPSA) is 57.4 Å². The maximum atomic E-state index is 5.56. The van der Waals surface area contributed by atoms with Gasteiger partial charge in [0.15, 0.2) is 0 Å². The Morgan fingerprint density at radius 2 is 0.875 bits per heavy atom. The fourth-order valence-electron chi connectivity index (χ4n) is 12.3. The molecule has 0 unspecified atom stereocenters. The minimum atomic E-state index is -2.04. The number of hydrogen-bond donors (Lipinski definition) is 2. The zero-order valence-electron chi connectivity index (χ0n) is 42.5. The third kappa shape index (κ3) is 10.6. The third-order valence-corrected chi connectivity index (χ3v) is 28.3. The van der Waals surface area contributed by atoms with Gasteiger partial charge in [0.2, 0.25) is 0 Å². The quantitative estimate of drug-likeness (QED) is 0.0589. The molecule has 0 spiro atoms. The first kappa shape index (κ1) is 49.6. The summed E-state index contributed by atoms with van der Waals surface area (Å²) in [6.07, 6.45) is 26.4. The molecule has 0 saturated heterocycles. The molecule has 0 aromatic carbocycles. The van der Waals surface area contributed by atoms with E-state index in [1.807, 2.05) is 0 Å². The van der Waals surface area contributed by atoms with Gasteiger partial charge in [-0.05, 0) is 113 Å². The van der Waals surface area contributed by atoms with Crippen LogP contribution in [-0.4, -0.2) is 36.1 Å². The van der Waals surface area contributed by atoms with Crippen molar-refractivity contribution in [3.05, 3.63) is 69.3 Å². The van der Waals surface area contributed by atoms with Crippen molar-refractivity contribution in [3.63, 3.8) is 0 Å². The molecule has 4 nitrogen and oxygen atoms in total. The molecule has 6 rings (SSSR count). The Morgan fingerprint density at radius 1 is 0.500 bits per heavy atom. The number of nitrogens with zero attached hydrogens (tertiary/aromatic N) is 2. The first-order valence-corrected chi connectivity index (χ1v) is 30.3. The minimum Gasteiger partial charge on any atom is -0.354 e. The summed E-state index contributed by atoms with van der Waals surface area (Å²) >= 11 is 0. The Kier molecular flexibility index (Phi) is 17.1. The number of aromatic nitrogens is 4. The Morgan fingerprint density at radius 3 is 1.28 bits per heavy atom. The van der Waals surface area contributed by atoms with E-state index < -0.39 is 16.1 Å². The second kappa shape index (κ2) is 22.1. The zero-order valence-corrected chi connectivity index (χ0v) is 44.5. The molecule has 6 heteroatoms. The van der Waals surface area contributed by atoms with Gasteiger partial charge in [-0.3, -0.25) is 0 Å². The van der Waals surface area contributed by atoms with Crippen molar-refractivity contribution in [1.82, 2.24) is 19.9 Å². The van der Waals surface area contributed by atoms with Crippen molar-refractivity contribution in [3.8, 4) is 22.9 Å². The lowest BCUT2D eigenvalue weighted by molar-refractivity contribution is 0.446. The largest absolute Gasteiger partial charge is 0.354 e. The van der Waals surface area contributed by atoms with Crippen LogP contribution in [0.2, 0.25) is 33.2 Å². The number of fused-ring (bicyclic) bond motifs is 8. The van der Waals surface area contributed by atoms with Gasteiger partial charge >= 0.3 is 0 Å². The van der Waals surface area contributed by atoms with E-state index in [1.165, 1.54) is 99.2 Å². The Balaban J connectivity index is 1.69. The van der Waals surface area contributed by atoms with Crippen molar-refractivity contribution in [1.29, 1.82) is 0 Å². The first-order chi connectivity index (χ1) is 30.6. The molecule has 0 amide bonds. The van der Waals surface area contributed by atoms with E-state index >= 15 is 0 Å². The number of unbranched alkanes of at least 4 members (excludes halogenated alkanes) is 7. The van der Waals surface area contributed by atoms with Crippen LogP contribution in [0.1, 0.15) is 224 Å². The number of rotatable bonds is 16. The predicted octanol–water partition coefficient (Wildman–Crippen LogP) is 17.5. The summed E-state index contributed by atoms with van der Waals surface area (Å²) in [6.45, 7) is 31.2. The summed E-state index contributed by atoms with van der Waals surface area (Å²) in [5.74, 6) is 8.31. The second-order valence-electron chi connectivity index (χ2n) is 21.5. The first-order valence-electron chi connectivity index (χ1n) is 25.9. The highest BCUT2D eigenvalue weighted by molar-refractivity contribution is 6.91. The lowest BCUT2D eigenvalue weighted by Gasteiger charge is -2.38. The van der Waals surface area contributed by atoms with Gasteiger partial charge in [-0.1, -0.05) is 166 Å². The SMILES string of the molecule is CCCCCCCCCCc1c2nc(c(C#C[Si](C(C)C)(C(C)C)C(C)C)c3ccc([nH]3)c(C3CCCCC3)c3ccc([nH]3)c(C#C[Si](C(C)C)(C(C)C)C(C)C)c3nc1C=C3)C=C2. The molecule has 2 aliphatic heterocycles. The van der Waals surface area contributed by atoms with E-state index in [2.05, 4.69) is 171 Å². The molecule has 0 atom stereocenters. The summed E-state index contributed by atoms with van der Waals surface area (Å²) in [6, 6.07) is 9.22. The van der Waals surface area contributed by atoms with Gasteiger partial charge in [-0.25, -0.2) is 9.97 Å². The van der Waals surface area contributed by atoms with Crippen LogP contribution in [-0.2, 0) is 6.42 Å². The van der Waals surface area contributed by atoms with Gasteiger partial charge < -0.3 is 9.97 Å². The molecule has 3 aliphatic rings. The molecule has 344 valence electrons. The van der Waals surface area contributed by atoms with Gasteiger partial charge in [0.25, 0.3) is 0 Å². The highest BCUT2D eigenvalue weighted by Crippen LogP contribution is 2.43.